The van der Waals surface area contributed by atoms with E-state index in [0.717, 1.165) is 37.9 Å². The van der Waals surface area contributed by atoms with Gasteiger partial charge in [-0.15, -0.1) is 0 Å². The molecule has 1 aliphatic heterocycles. The Morgan fingerprint density at radius 2 is 2.11 bits per heavy atom. The summed E-state index contributed by atoms with van der Waals surface area (Å²) in [5.41, 5.74) is 6.74. The molecular formula is C14H29N3O2. The second-order valence-electron chi connectivity index (χ2n) is 5.82. The third kappa shape index (κ3) is 6.80. The Kier molecular flexibility index (Phi) is 7.20. The summed E-state index contributed by atoms with van der Waals surface area (Å²) in [6.45, 7) is 5.25. The van der Waals surface area contributed by atoms with Crippen LogP contribution in [0, 0.1) is 5.92 Å². The standard InChI is InChI=1S/C14H29N3O2/c1-11(2)6-7-17(16)9-12(15)8-13-4-3-5-14(10-18)19-13/h9,11,13-14,18H,3-8,10,15-16H2,1-2H3/b12-9-. The first-order valence-electron chi connectivity index (χ1n) is 7.25. The van der Waals surface area contributed by atoms with Crippen LogP contribution in [0.4, 0.5) is 0 Å². The number of ether oxygens (including phenoxy) is 1. The number of nitrogens with two attached hydrogens (primary N) is 2. The van der Waals surface area contributed by atoms with Crippen molar-refractivity contribution < 1.29 is 9.84 Å². The Hall–Kier alpha value is -0.780. The molecule has 0 aromatic carbocycles. The molecule has 5 N–H and O–H groups in total. The van der Waals surface area contributed by atoms with Crippen molar-refractivity contribution in [2.75, 3.05) is 13.2 Å². The zero-order valence-electron chi connectivity index (χ0n) is 12.2. The fraction of sp³-hybridized carbons (Fsp3) is 0.857. The van der Waals surface area contributed by atoms with E-state index in [1.165, 1.54) is 0 Å². The van der Waals surface area contributed by atoms with E-state index in [4.69, 9.17) is 21.4 Å². The van der Waals surface area contributed by atoms with Crippen molar-refractivity contribution in [2.45, 2.75) is 58.2 Å². The molecule has 2 unspecified atom stereocenters. The van der Waals surface area contributed by atoms with Gasteiger partial charge in [-0.2, -0.15) is 0 Å². The van der Waals surface area contributed by atoms with E-state index in [1.807, 2.05) is 0 Å². The van der Waals surface area contributed by atoms with Crippen LogP contribution in [0.3, 0.4) is 0 Å². The molecule has 112 valence electrons. The van der Waals surface area contributed by atoms with E-state index in [-0.39, 0.29) is 18.8 Å². The monoisotopic (exact) mass is 271 g/mol. The zero-order chi connectivity index (χ0) is 14.3. The van der Waals surface area contributed by atoms with E-state index in [0.29, 0.717) is 12.3 Å². The average Bonchev–Trinajstić information content (AvgIpc) is 2.36. The number of hydrogen-bond acceptors (Lipinski definition) is 5. The van der Waals surface area contributed by atoms with E-state index in [9.17, 15) is 0 Å². The maximum atomic E-state index is 9.11. The summed E-state index contributed by atoms with van der Waals surface area (Å²) in [6.07, 6.45) is 6.65. The van der Waals surface area contributed by atoms with Gasteiger partial charge in [0.25, 0.3) is 0 Å². The number of hydrazine groups is 1. The average molecular weight is 271 g/mol. The van der Waals surface area contributed by atoms with Gasteiger partial charge >= 0.3 is 0 Å². The van der Waals surface area contributed by atoms with Gasteiger partial charge in [-0.05, 0) is 31.6 Å². The van der Waals surface area contributed by atoms with E-state index in [1.54, 1.807) is 11.2 Å². The first-order valence-corrected chi connectivity index (χ1v) is 7.25. The van der Waals surface area contributed by atoms with Crippen molar-refractivity contribution in [2.24, 2.45) is 17.5 Å². The van der Waals surface area contributed by atoms with Crippen LogP contribution in [0.2, 0.25) is 0 Å². The molecule has 0 aromatic rings. The molecule has 0 aromatic heterocycles. The van der Waals surface area contributed by atoms with Crippen LogP contribution in [0.1, 0.15) is 46.0 Å². The van der Waals surface area contributed by atoms with Crippen LogP contribution in [0.15, 0.2) is 11.9 Å². The molecule has 0 radical (unpaired) electrons. The van der Waals surface area contributed by atoms with E-state index < -0.39 is 0 Å². The van der Waals surface area contributed by atoms with E-state index >= 15 is 0 Å². The molecule has 5 heteroatoms. The minimum Gasteiger partial charge on any atom is -0.401 e. The van der Waals surface area contributed by atoms with Gasteiger partial charge in [0.1, 0.15) is 0 Å². The molecule has 0 aliphatic carbocycles. The Labute approximate surface area is 116 Å². The highest BCUT2D eigenvalue weighted by molar-refractivity contribution is 4.97. The Morgan fingerprint density at radius 1 is 1.42 bits per heavy atom. The number of hydrogen-bond donors (Lipinski definition) is 3. The van der Waals surface area contributed by atoms with Gasteiger partial charge in [0.2, 0.25) is 0 Å². The van der Waals surface area contributed by atoms with Gasteiger partial charge in [0.15, 0.2) is 0 Å². The summed E-state index contributed by atoms with van der Waals surface area (Å²) >= 11 is 0. The highest BCUT2D eigenvalue weighted by Crippen LogP contribution is 2.22. The largest absolute Gasteiger partial charge is 0.401 e. The summed E-state index contributed by atoms with van der Waals surface area (Å²) in [7, 11) is 0. The number of aliphatic hydroxyl groups is 1. The summed E-state index contributed by atoms with van der Waals surface area (Å²) in [6, 6.07) is 0. The summed E-state index contributed by atoms with van der Waals surface area (Å²) in [5.74, 6) is 6.51. The molecule has 1 fully saturated rings. The topological polar surface area (TPSA) is 84.7 Å². The SMILES string of the molecule is CC(C)CCN(N)/C=C(\N)CC1CCCC(CO)O1. The fourth-order valence-electron chi connectivity index (χ4n) is 2.27. The smallest absolute Gasteiger partial charge is 0.0809 e. The van der Waals surface area contributed by atoms with Crippen molar-refractivity contribution in [3.8, 4) is 0 Å². The van der Waals surface area contributed by atoms with Crippen LogP contribution in [0.25, 0.3) is 0 Å². The number of nitrogens with zero attached hydrogens (tertiary/aromatic N) is 1. The normalized spacial score (nSPS) is 24.8. The van der Waals surface area contributed by atoms with Crippen LogP contribution in [-0.2, 0) is 4.74 Å². The highest BCUT2D eigenvalue weighted by atomic mass is 16.5. The van der Waals surface area contributed by atoms with Gasteiger partial charge in [0.05, 0.1) is 18.8 Å². The first kappa shape index (κ1) is 16.3. The molecule has 1 aliphatic rings. The molecule has 1 rings (SSSR count). The second kappa shape index (κ2) is 8.40. The lowest BCUT2D eigenvalue weighted by molar-refractivity contribution is -0.0711. The van der Waals surface area contributed by atoms with Crippen LogP contribution in [0.5, 0.6) is 0 Å². The summed E-state index contributed by atoms with van der Waals surface area (Å²) < 4.78 is 5.76. The van der Waals surface area contributed by atoms with Crippen molar-refractivity contribution in [3.05, 3.63) is 11.9 Å². The molecular weight excluding hydrogens is 242 g/mol. The predicted octanol–water partition coefficient (Wildman–Crippen LogP) is 1.33. The minimum absolute atomic E-state index is 0.0264. The quantitative estimate of drug-likeness (QED) is 0.480. The lowest BCUT2D eigenvalue weighted by Gasteiger charge is -2.29. The highest BCUT2D eigenvalue weighted by Gasteiger charge is 2.22. The van der Waals surface area contributed by atoms with Crippen LogP contribution < -0.4 is 11.6 Å². The molecule has 19 heavy (non-hydrogen) atoms. The van der Waals surface area contributed by atoms with Crippen molar-refractivity contribution in [3.63, 3.8) is 0 Å². The maximum absolute atomic E-state index is 9.11. The lowest BCUT2D eigenvalue weighted by Crippen LogP contribution is -2.32. The molecule has 2 atom stereocenters. The first-order chi connectivity index (χ1) is 9.01. The molecule has 0 amide bonds. The predicted molar refractivity (Wildman–Crippen MR) is 76.8 cm³/mol. The second-order valence-corrected chi connectivity index (χ2v) is 5.82. The molecule has 0 bridgehead atoms. The van der Waals surface area contributed by atoms with Crippen molar-refractivity contribution in [1.82, 2.24) is 5.01 Å². The molecule has 0 saturated carbocycles. The van der Waals surface area contributed by atoms with Gasteiger partial charge in [-0.3, -0.25) is 0 Å². The Balaban J connectivity index is 2.34. The van der Waals surface area contributed by atoms with Gasteiger partial charge < -0.3 is 20.6 Å². The summed E-state index contributed by atoms with van der Waals surface area (Å²) in [5, 5.41) is 10.8. The lowest BCUT2D eigenvalue weighted by atomic mass is 10.0. The minimum atomic E-state index is -0.0264. The van der Waals surface area contributed by atoms with Gasteiger partial charge in [-0.1, -0.05) is 13.8 Å². The molecule has 1 saturated heterocycles. The third-order valence-electron chi connectivity index (χ3n) is 3.40. The number of rotatable bonds is 7. The fourth-order valence-corrected chi connectivity index (χ4v) is 2.27. The number of aliphatic hydroxyl groups excluding tert-OH is 1. The van der Waals surface area contributed by atoms with Gasteiger partial charge in [-0.25, -0.2) is 5.84 Å². The van der Waals surface area contributed by atoms with Gasteiger partial charge in [0, 0.05) is 24.9 Å². The molecule has 1 heterocycles. The van der Waals surface area contributed by atoms with E-state index in [2.05, 4.69) is 13.8 Å². The molecule has 5 nitrogen and oxygen atoms in total. The van der Waals surface area contributed by atoms with Crippen LogP contribution in [-0.4, -0.2) is 35.5 Å². The van der Waals surface area contributed by atoms with Crippen molar-refractivity contribution in [1.29, 1.82) is 0 Å². The Bertz CT molecular complexity index is 282. The van der Waals surface area contributed by atoms with Crippen LogP contribution >= 0.6 is 0 Å². The Morgan fingerprint density at radius 3 is 2.74 bits per heavy atom. The third-order valence-corrected chi connectivity index (χ3v) is 3.40. The summed E-state index contributed by atoms with van der Waals surface area (Å²) in [4.78, 5) is 0. The van der Waals surface area contributed by atoms with Crippen molar-refractivity contribution >= 4 is 0 Å². The maximum Gasteiger partial charge on any atom is 0.0809 e. The molecule has 0 spiro atoms. The zero-order valence-corrected chi connectivity index (χ0v) is 12.2.